The van der Waals surface area contributed by atoms with Crippen LogP contribution >= 0.6 is 0 Å². The molecular formula is C14H10F5NO. The third-order valence-electron chi connectivity index (χ3n) is 2.91. The predicted octanol–water partition coefficient (Wildman–Crippen LogP) is 3.65. The average molecular weight is 303 g/mol. The zero-order valence-corrected chi connectivity index (χ0v) is 10.5. The lowest BCUT2D eigenvalue weighted by atomic mass is 9.97. The maximum absolute atomic E-state index is 13.1. The number of anilines is 1. The molecule has 0 saturated carbocycles. The second-order valence-corrected chi connectivity index (χ2v) is 4.45. The van der Waals surface area contributed by atoms with Gasteiger partial charge in [0.25, 0.3) is 0 Å². The zero-order valence-electron chi connectivity index (χ0n) is 10.5. The third-order valence-corrected chi connectivity index (χ3v) is 2.91. The van der Waals surface area contributed by atoms with E-state index in [1.54, 1.807) is 0 Å². The zero-order chi connectivity index (χ0) is 15.8. The first-order valence-electron chi connectivity index (χ1n) is 5.79. The highest BCUT2D eigenvalue weighted by atomic mass is 19.4. The summed E-state index contributed by atoms with van der Waals surface area (Å²) >= 11 is 0. The first-order valence-corrected chi connectivity index (χ1v) is 5.79. The summed E-state index contributed by atoms with van der Waals surface area (Å²) < 4.78 is 64.2. The van der Waals surface area contributed by atoms with Gasteiger partial charge in [-0.25, -0.2) is 8.78 Å². The Labute approximate surface area is 116 Å². The molecule has 2 nitrogen and oxygen atoms in total. The van der Waals surface area contributed by atoms with E-state index in [0.717, 1.165) is 24.3 Å². The van der Waals surface area contributed by atoms with Crippen molar-refractivity contribution in [2.24, 2.45) is 0 Å². The molecule has 0 aromatic heterocycles. The van der Waals surface area contributed by atoms with Crippen molar-refractivity contribution in [2.45, 2.75) is 12.3 Å². The van der Waals surface area contributed by atoms with E-state index in [1.807, 2.05) is 0 Å². The molecule has 0 radical (unpaired) electrons. The van der Waals surface area contributed by atoms with Crippen LogP contribution in [-0.4, -0.2) is 5.11 Å². The minimum Gasteiger partial charge on any atom is -0.398 e. The molecule has 1 unspecified atom stereocenters. The largest absolute Gasteiger partial charge is 0.416 e. The van der Waals surface area contributed by atoms with Gasteiger partial charge >= 0.3 is 6.18 Å². The molecule has 21 heavy (non-hydrogen) atoms. The Morgan fingerprint density at radius 3 is 2.05 bits per heavy atom. The van der Waals surface area contributed by atoms with Gasteiger partial charge < -0.3 is 10.8 Å². The van der Waals surface area contributed by atoms with Crippen LogP contribution in [0.3, 0.4) is 0 Å². The average Bonchev–Trinajstić information content (AvgIpc) is 2.36. The van der Waals surface area contributed by atoms with Gasteiger partial charge in [-0.05, 0) is 35.9 Å². The fourth-order valence-electron chi connectivity index (χ4n) is 1.90. The molecule has 2 rings (SSSR count). The molecule has 0 heterocycles. The van der Waals surface area contributed by atoms with Crippen LogP contribution < -0.4 is 5.73 Å². The normalized spacial score (nSPS) is 13.2. The molecule has 2 aromatic carbocycles. The van der Waals surface area contributed by atoms with Gasteiger partial charge in [0, 0.05) is 17.3 Å². The van der Waals surface area contributed by atoms with Crippen LogP contribution in [0.2, 0.25) is 0 Å². The van der Waals surface area contributed by atoms with E-state index in [-0.39, 0.29) is 16.8 Å². The van der Waals surface area contributed by atoms with Crippen LogP contribution in [0.5, 0.6) is 0 Å². The first-order chi connectivity index (χ1) is 9.68. The molecular weight excluding hydrogens is 293 g/mol. The fourth-order valence-corrected chi connectivity index (χ4v) is 1.90. The second-order valence-electron chi connectivity index (χ2n) is 4.45. The molecule has 0 fully saturated rings. The van der Waals surface area contributed by atoms with Crippen molar-refractivity contribution in [2.75, 3.05) is 5.73 Å². The highest BCUT2D eigenvalue weighted by Crippen LogP contribution is 2.35. The number of benzene rings is 2. The van der Waals surface area contributed by atoms with Crippen LogP contribution in [0, 0.1) is 11.6 Å². The summed E-state index contributed by atoms with van der Waals surface area (Å²) in [6.07, 6.45) is -6.28. The monoisotopic (exact) mass is 303 g/mol. The smallest absolute Gasteiger partial charge is 0.398 e. The van der Waals surface area contributed by atoms with Gasteiger partial charge in [0.05, 0.1) is 5.56 Å². The lowest BCUT2D eigenvalue weighted by molar-refractivity contribution is -0.137. The van der Waals surface area contributed by atoms with Crippen molar-refractivity contribution in [3.8, 4) is 0 Å². The number of alkyl halides is 3. The van der Waals surface area contributed by atoms with Crippen molar-refractivity contribution in [1.29, 1.82) is 0 Å². The summed E-state index contributed by atoms with van der Waals surface area (Å²) in [5.41, 5.74) is 3.92. The molecule has 3 N–H and O–H groups in total. The molecule has 7 heteroatoms. The van der Waals surface area contributed by atoms with Crippen molar-refractivity contribution >= 4 is 5.69 Å². The van der Waals surface area contributed by atoms with E-state index in [1.165, 1.54) is 0 Å². The highest BCUT2D eigenvalue weighted by Gasteiger charge is 2.31. The molecule has 1 atom stereocenters. The minimum absolute atomic E-state index is 0.111. The lowest BCUT2D eigenvalue weighted by Gasteiger charge is -2.16. The lowest BCUT2D eigenvalue weighted by Crippen LogP contribution is -2.10. The van der Waals surface area contributed by atoms with Gasteiger partial charge in [-0.15, -0.1) is 0 Å². The Hall–Kier alpha value is -2.15. The van der Waals surface area contributed by atoms with Gasteiger partial charge in [-0.2, -0.15) is 13.2 Å². The maximum Gasteiger partial charge on any atom is 0.416 e. The first kappa shape index (κ1) is 15.2. The van der Waals surface area contributed by atoms with Crippen molar-refractivity contribution in [3.05, 3.63) is 64.7 Å². The van der Waals surface area contributed by atoms with Gasteiger partial charge in [-0.3, -0.25) is 0 Å². The molecule has 0 aliphatic rings. The van der Waals surface area contributed by atoms with Crippen molar-refractivity contribution < 1.29 is 27.1 Å². The van der Waals surface area contributed by atoms with E-state index >= 15 is 0 Å². The number of rotatable bonds is 2. The summed E-state index contributed by atoms with van der Waals surface area (Å²) in [6.45, 7) is 0. The number of hydrogen-bond donors (Lipinski definition) is 2. The molecule has 0 aliphatic carbocycles. The predicted molar refractivity (Wildman–Crippen MR) is 66.3 cm³/mol. The van der Waals surface area contributed by atoms with E-state index in [2.05, 4.69) is 0 Å². The van der Waals surface area contributed by atoms with Crippen LogP contribution in [-0.2, 0) is 6.18 Å². The molecule has 0 amide bonds. The van der Waals surface area contributed by atoms with Gasteiger partial charge in [-0.1, -0.05) is 0 Å². The number of hydrogen-bond acceptors (Lipinski definition) is 2. The van der Waals surface area contributed by atoms with Crippen molar-refractivity contribution in [3.63, 3.8) is 0 Å². The Kier molecular flexibility index (Phi) is 3.87. The van der Waals surface area contributed by atoms with E-state index in [0.29, 0.717) is 12.1 Å². The fraction of sp³-hybridized carbons (Fsp3) is 0.143. The number of aliphatic hydroxyl groups is 1. The number of halogens is 5. The SMILES string of the molecule is Nc1ccc(C(F)(F)F)cc1C(O)c1cc(F)cc(F)c1. The summed E-state index contributed by atoms with van der Waals surface area (Å²) in [6, 6.07) is 4.64. The maximum atomic E-state index is 13.1. The van der Waals surface area contributed by atoms with Gasteiger partial charge in [0.15, 0.2) is 0 Å². The van der Waals surface area contributed by atoms with E-state index in [9.17, 15) is 27.1 Å². The second kappa shape index (κ2) is 5.33. The molecule has 2 aromatic rings. The van der Waals surface area contributed by atoms with Crippen LogP contribution in [0.15, 0.2) is 36.4 Å². The molecule has 0 aliphatic heterocycles. The standard InChI is InChI=1S/C14H10F5NO/c15-9-3-7(4-10(16)6-9)13(21)11-5-8(14(17,18)19)1-2-12(11)20/h1-6,13,21H,20H2. The van der Waals surface area contributed by atoms with E-state index < -0.39 is 29.5 Å². The third kappa shape index (κ3) is 3.30. The van der Waals surface area contributed by atoms with Crippen LogP contribution in [0.4, 0.5) is 27.6 Å². The Morgan fingerprint density at radius 1 is 0.952 bits per heavy atom. The minimum atomic E-state index is -4.62. The molecule has 112 valence electrons. The Bertz CT molecular complexity index is 649. The molecule has 0 saturated heterocycles. The molecule has 0 spiro atoms. The summed E-state index contributed by atoms with van der Waals surface area (Å²) in [5.74, 6) is -1.90. The Morgan fingerprint density at radius 2 is 1.52 bits per heavy atom. The summed E-state index contributed by atoms with van der Waals surface area (Å²) in [4.78, 5) is 0. The van der Waals surface area contributed by atoms with E-state index in [4.69, 9.17) is 5.73 Å². The van der Waals surface area contributed by atoms with Crippen LogP contribution in [0.25, 0.3) is 0 Å². The summed E-state index contributed by atoms with van der Waals surface area (Å²) in [7, 11) is 0. The number of aliphatic hydroxyl groups excluding tert-OH is 1. The summed E-state index contributed by atoms with van der Waals surface area (Å²) in [5, 5.41) is 10.0. The van der Waals surface area contributed by atoms with Gasteiger partial charge in [0.1, 0.15) is 17.7 Å². The molecule has 0 bridgehead atoms. The highest BCUT2D eigenvalue weighted by molar-refractivity contribution is 5.52. The quantitative estimate of drug-likeness (QED) is 0.657. The van der Waals surface area contributed by atoms with Gasteiger partial charge in [0.2, 0.25) is 0 Å². The van der Waals surface area contributed by atoms with Crippen LogP contribution in [0.1, 0.15) is 22.8 Å². The topological polar surface area (TPSA) is 46.2 Å². The number of nitrogens with two attached hydrogens (primary N) is 1. The van der Waals surface area contributed by atoms with Crippen molar-refractivity contribution in [1.82, 2.24) is 0 Å². The number of nitrogen functional groups attached to an aromatic ring is 1. The Balaban J connectivity index is 2.49.